The van der Waals surface area contributed by atoms with Gasteiger partial charge in [-0.15, -0.1) is 0 Å². The lowest BCUT2D eigenvalue weighted by molar-refractivity contribution is -0.129. The lowest BCUT2D eigenvalue weighted by Gasteiger charge is -2.25. The van der Waals surface area contributed by atoms with Crippen LogP contribution in [0.5, 0.6) is 0 Å². The van der Waals surface area contributed by atoms with Gasteiger partial charge in [-0.2, -0.15) is 0 Å². The van der Waals surface area contributed by atoms with Crippen molar-refractivity contribution in [2.45, 2.75) is 39.7 Å². The number of ketones is 1. The summed E-state index contributed by atoms with van der Waals surface area (Å²) >= 11 is 0. The number of carbonyl (C=O) groups is 1. The average molecular weight is 270 g/mol. The van der Waals surface area contributed by atoms with E-state index in [0.29, 0.717) is 0 Å². The first-order valence-electron chi connectivity index (χ1n) is 7.04. The van der Waals surface area contributed by atoms with E-state index in [0.717, 1.165) is 12.8 Å². The van der Waals surface area contributed by atoms with E-state index in [9.17, 15) is 4.79 Å². The maximum atomic E-state index is 12.6. The Kier molecular flexibility index (Phi) is 4.38. The summed E-state index contributed by atoms with van der Waals surface area (Å²) in [6.07, 6.45) is 7.03. The zero-order valence-electron chi connectivity index (χ0n) is 12.4. The Bertz CT molecular complexity index is 538. The molecular weight excluding hydrogens is 248 g/mol. The fourth-order valence-corrected chi connectivity index (χ4v) is 2.32. The second-order valence-corrected chi connectivity index (χ2v) is 6.16. The largest absolute Gasteiger partial charge is 0.327 e. The topological polar surface area (TPSA) is 34.9 Å². The summed E-state index contributed by atoms with van der Waals surface area (Å²) in [4.78, 5) is 16.7. The zero-order chi connectivity index (χ0) is 14.6. The van der Waals surface area contributed by atoms with Crippen LogP contribution in [-0.2, 0) is 11.2 Å². The van der Waals surface area contributed by atoms with Crippen molar-refractivity contribution in [3.05, 3.63) is 54.6 Å². The molecule has 0 aliphatic rings. The molecule has 1 unspecified atom stereocenters. The normalized spacial score (nSPS) is 13.2. The van der Waals surface area contributed by atoms with Crippen LogP contribution >= 0.6 is 0 Å². The molecule has 0 saturated carbocycles. The Balaban J connectivity index is 2.14. The molecule has 0 spiro atoms. The molecule has 0 N–H and O–H groups in total. The van der Waals surface area contributed by atoms with Crippen LogP contribution in [0.1, 0.15) is 38.8 Å². The molecule has 3 nitrogen and oxygen atoms in total. The molecule has 1 heterocycles. The molecule has 3 heteroatoms. The van der Waals surface area contributed by atoms with Gasteiger partial charge in [-0.25, -0.2) is 4.98 Å². The lowest BCUT2D eigenvalue weighted by atomic mass is 9.84. The Labute approximate surface area is 120 Å². The minimum atomic E-state index is -0.342. The first-order valence-corrected chi connectivity index (χ1v) is 7.04. The van der Waals surface area contributed by atoms with Gasteiger partial charge >= 0.3 is 0 Å². The molecule has 1 atom stereocenters. The van der Waals surface area contributed by atoms with Crippen LogP contribution in [0.3, 0.4) is 0 Å². The smallest absolute Gasteiger partial charge is 0.160 e. The predicted octanol–water partition coefficient (Wildman–Crippen LogP) is 3.67. The fourth-order valence-electron chi connectivity index (χ4n) is 2.32. The molecule has 0 saturated heterocycles. The highest BCUT2D eigenvalue weighted by atomic mass is 16.1. The Hall–Kier alpha value is -1.90. The summed E-state index contributed by atoms with van der Waals surface area (Å²) < 4.78 is 1.93. The highest BCUT2D eigenvalue weighted by Crippen LogP contribution is 2.27. The van der Waals surface area contributed by atoms with E-state index in [2.05, 4.69) is 17.1 Å². The van der Waals surface area contributed by atoms with Crippen LogP contribution in [0, 0.1) is 5.41 Å². The molecule has 0 fully saturated rings. The van der Waals surface area contributed by atoms with E-state index in [1.165, 1.54) is 5.56 Å². The van der Waals surface area contributed by atoms with Crippen LogP contribution in [0.25, 0.3) is 0 Å². The molecule has 1 aromatic heterocycles. The van der Waals surface area contributed by atoms with Gasteiger partial charge in [0.15, 0.2) is 5.78 Å². The van der Waals surface area contributed by atoms with Crippen molar-refractivity contribution in [3.8, 4) is 0 Å². The van der Waals surface area contributed by atoms with E-state index in [1.54, 1.807) is 12.5 Å². The molecule has 2 rings (SSSR count). The van der Waals surface area contributed by atoms with Crippen molar-refractivity contribution in [2.75, 3.05) is 0 Å². The summed E-state index contributed by atoms with van der Waals surface area (Å²) in [6, 6.07) is 10.1. The number of hydrogen-bond acceptors (Lipinski definition) is 2. The van der Waals surface area contributed by atoms with E-state index < -0.39 is 0 Å². The van der Waals surface area contributed by atoms with Crippen LogP contribution in [0.2, 0.25) is 0 Å². The predicted molar refractivity (Wildman–Crippen MR) is 80.5 cm³/mol. The van der Waals surface area contributed by atoms with Gasteiger partial charge in [0.25, 0.3) is 0 Å². The third-order valence-electron chi connectivity index (χ3n) is 3.48. The fraction of sp³-hybridized carbons (Fsp3) is 0.412. The number of aromatic nitrogens is 2. The van der Waals surface area contributed by atoms with Crippen LogP contribution in [-0.4, -0.2) is 15.3 Å². The molecule has 0 amide bonds. The van der Waals surface area contributed by atoms with E-state index in [-0.39, 0.29) is 17.2 Å². The minimum absolute atomic E-state index is 0.141. The maximum absolute atomic E-state index is 12.6. The summed E-state index contributed by atoms with van der Waals surface area (Å²) in [5.41, 5.74) is 0.922. The van der Waals surface area contributed by atoms with Gasteiger partial charge in [0.2, 0.25) is 0 Å². The Morgan fingerprint density at radius 1 is 1.25 bits per heavy atom. The van der Waals surface area contributed by atoms with Gasteiger partial charge in [-0.3, -0.25) is 4.79 Å². The minimum Gasteiger partial charge on any atom is -0.327 e. The standard InChI is InChI=1S/C17H22N2O/c1-17(2,3)16(20)15(19-12-11-18-13-19)10-9-14-7-5-4-6-8-14/h4-8,11-13,15H,9-10H2,1-3H3. The van der Waals surface area contributed by atoms with Gasteiger partial charge in [-0.05, 0) is 18.4 Å². The number of rotatable bonds is 5. The number of carbonyl (C=O) groups excluding carboxylic acids is 1. The van der Waals surface area contributed by atoms with E-state index in [1.807, 2.05) is 49.7 Å². The molecule has 0 bridgehead atoms. The summed E-state index contributed by atoms with van der Waals surface area (Å²) in [6.45, 7) is 5.92. The molecule has 20 heavy (non-hydrogen) atoms. The van der Waals surface area contributed by atoms with Crippen molar-refractivity contribution in [1.82, 2.24) is 9.55 Å². The van der Waals surface area contributed by atoms with Crippen molar-refractivity contribution >= 4 is 5.78 Å². The maximum Gasteiger partial charge on any atom is 0.160 e. The van der Waals surface area contributed by atoms with E-state index in [4.69, 9.17) is 0 Å². The van der Waals surface area contributed by atoms with Gasteiger partial charge in [0.05, 0.1) is 12.4 Å². The van der Waals surface area contributed by atoms with Crippen molar-refractivity contribution in [2.24, 2.45) is 5.41 Å². The molecule has 2 aromatic rings. The van der Waals surface area contributed by atoms with E-state index >= 15 is 0 Å². The van der Waals surface area contributed by atoms with Gasteiger partial charge in [0.1, 0.15) is 0 Å². The van der Waals surface area contributed by atoms with Crippen molar-refractivity contribution in [3.63, 3.8) is 0 Å². The summed E-state index contributed by atoms with van der Waals surface area (Å²) in [5, 5.41) is 0. The Morgan fingerprint density at radius 3 is 2.50 bits per heavy atom. The van der Waals surface area contributed by atoms with Crippen molar-refractivity contribution < 1.29 is 4.79 Å². The quantitative estimate of drug-likeness (QED) is 0.831. The SMILES string of the molecule is CC(C)(C)C(=O)C(CCc1ccccc1)n1ccnc1. The van der Waals surface area contributed by atoms with Crippen LogP contribution < -0.4 is 0 Å². The molecule has 0 radical (unpaired) electrons. The highest BCUT2D eigenvalue weighted by Gasteiger charge is 2.30. The zero-order valence-corrected chi connectivity index (χ0v) is 12.4. The number of hydrogen-bond donors (Lipinski definition) is 0. The number of Topliss-reactive ketones (excluding diaryl/α,β-unsaturated/α-hetero) is 1. The molecule has 0 aliphatic carbocycles. The first-order chi connectivity index (χ1) is 9.48. The number of aryl methyl sites for hydroxylation is 1. The Morgan fingerprint density at radius 2 is 1.95 bits per heavy atom. The third-order valence-corrected chi connectivity index (χ3v) is 3.48. The van der Waals surface area contributed by atoms with Crippen LogP contribution in [0.15, 0.2) is 49.1 Å². The second-order valence-electron chi connectivity index (χ2n) is 6.16. The third kappa shape index (κ3) is 3.56. The highest BCUT2D eigenvalue weighted by molar-refractivity contribution is 5.87. The van der Waals surface area contributed by atoms with Gasteiger partial charge in [0, 0.05) is 17.8 Å². The number of nitrogens with zero attached hydrogens (tertiary/aromatic N) is 2. The second kappa shape index (κ2) is 6.04. The number of imidazole rings is 1. The number of benzene rings is 1. The lowest BCUT2D eigenvalue weighted by Crippen LogP contribution is -2.30. The molecule has 1 aromatic carbocycles. The summed E-state index contributed by atoms with van der Waals surface area (Å²) in [7, 11) is 0. The first kappa shape index (κ1) is 14.5. The van der Waals surface area contributed by atoms with Crippen LogP contribution in [0.4, 0.5) is 0 Å². The van der Waals surface area contributed by atoms with Crippen molar-refractivity contribution in [1.29, 1.82) is 0 Å². The monoisotopic (exact) mass is 270 g/mol. The van der Waals surface area contributed by atoms with Gasteiger partial charge < -0.3 is 4.57 Å². The molecular formula is C17H22N2O. The molecule has 0 aliphatic heterocycles. The molecule has 106 valence electrons. The average Bonchev–Trinajstić information content (AvgIpc) is 2.93. The summed E-state index contributed by atoms with van der Waals surface area (Å²) in [5.74, 6) is 0.256. The van der Waals surface area contributed by atoms with Gasteiger partial charge in [-0.1, -0.05) is 51.1 Å².